The van der Waals surface area contributed by atoms with E-state index in [1.54, 1.807) is 0 Å². The van der Waals surface area contributed by atoms with Crippen molar-refractivity contribution < 1.29 is 14.6 Å². The van der Waals surface area contributed by atoms with Crippen molar-refractivity contribution in [1.29, 1.82) is 0 Å². The molecular weight excluding hydrogens is 448 g/mol. The van der Waals surface area contributed by atoms with Crippen molar-refractivity contribution in [2.45, 2.75) is 90.0 Å². The zero-order valence-corrected chi connectivity index (χ0v) is 22.7. The fourth-order valence-electron chi connectivity index (χ4n) is 7.96. The van der Waals surface area contributed by atoms with Crippen LogP contribution in [0.5, 0.6) is 0 Å². The summed E-state index contributed by atoms with van der Waals surface area (Å²) in [4.78, 5) is 17.2. The number of nitrogens with zero attached hydrogens (tertiary/aromatic N) is 2. The Bertz CT molecular complexity index is 948. The summed E-state index contributed by atoms with van der Waals surface area (Å²) in [5, 5.41) is 12.0. The highest BCUT2D eigenvalue weighted by molar-refractivity contribution is 5.66. The van der Waals surface area contributed by atoms with Gasteiger partial charge in [0.15, 0.2) is 0 Å². The normalized spacial score (nSPS) is 38.1. The molecule has 2 aliphatic carbocycles. The maximum atomic E-state index is 12.0. The van der Waals surface area contributed by atoms with Gasteiger partial charge < -0.3 is 9.84 Å². The summed E-state index contributed by atoms with van der Waals surface area (Å²) in [6, 6.07) is 12.2. The van der Waals surface area contributed by atoms with Crippen molar-refractivity contribution >= 4 is 5.97 Å². The lowest BCUT2D eigenvalue weighted by Crippen LogP contribution is -2.59. The number of aliphatic hydroxyl groups is 1. The summed E-state index contributed by atoms with van der Waals surface area (Å²) in [5.74, 6) is 1.01. The van der Waals surface area contributed by atoms with E-state index in [0.29, 0.717) is 30.3 Å². The fourth-order valence-corrected chi connectivity index (χ4v) is 7.96. The lowest BCUT2D eigenvalue weighted by molar-refractivity contribution is -0.159. The molecule has 5 nitrogen and oxygen atoms in total. The van der Waals surface area contributed by atoms with E-state index in [9.17, 15) is 9.90 Å². The number of esters is 1. The molecular formula is C31H46N2O3. The number of hydrogen-bond donors (Lipinski definition) is 1. The second kappa shape index (κ2) is 10.6. The summed E-state index contributed by atoms with van der Waals surface area (Å²) in [6.07, 6.45) is 8.45. The maximum Gasteiger partial charge on any atom is 0.303 e. The van der Waals surface area contributed by atoms with Crippen LogP contribution in [-0.4, -0.2) is 70.8 Å². The molecule has 2 heterocycles. The first-order valence-corrected chi connectivity index (χ1v) is 14.3. The van der Waals surface area contributed by atoms with Gasteiger partial charge >= 0.3 is 5.97 Å². The Morgan fingerprint density at radius 3 is 2.72 bits per heavy atom. The van der Waals surface area contributed by atoms with Crippen LogP contribution in [0.25, 0.3) is 0 Å². The first-order valence-electron chi connectivity index (χ1n) is 14.3. The summed E-state index contributed by atoms with van der Waals surface area (Å²) >= 11 is 0. The first kappa shape index (κ1) is 25.9. The van der Waals surface area contributed by atoms with Crippen LogP contribution in [0.1, 0.15) is 65.4 Å². The highest BCUT2D eigenvalue weighted by atomic mass is 16.5. The number of carbonyl (C=O) groups is 1. The maximum absolute atomic E-state index is 12.0. The Kier molecular flexibility index (Phi) is 7.63. The van der Waals surface area contributed by atoms with Gasteiger partial charge in [0.05, 0.1) is 5.60 Å². The lowest BCUT2D eigenvalue weighted by Gasteiger charge is -2.54. The molecule has 0 aromatic heterocycles. The van der Waals surface area contributed by atoms with Crippen LogP contribution in [0.4, 0.5) is 0 Å². The second-order valence-electron chi connectivity index (χ2n) is 12.4. The quantitative estimate of drug-likeness (QED) is 0.459. The van der Waals surface area contributed by atoms with Crippen LogP contribution in [0.3, 0.4) is 0 Å². The van der Waals surface area contributed by atoms with Gasteiger partial charge in [-0.2, -0.15) is 0 Å². The van der Waals surface area contributed by atoms with Gasteiger partial charge in [-0.25, -0.2) is 0 Å². The number of rotatable bonds is 6. The first-order chi connectivity index (χ1) is 17.2. The number of benzene rings is 1. The minimum Gasteiger partial charge on any atom is -0.458 e. The molecule has 1 aromatic rings. The van der Waals surface area contributed by atoms with Gasteiger partial charge in [0.2, 0.25) is 0 Å². The summed E-state index contributed by atoms with van der Waals surface area (Å²) in [5.41, 5.74) is 1.73. The predicted octanol–water partition coefficient (Wildman–Crippen LogP) is 4.69. The average molecular weight is 495 g/mol. The van der Waals surface area contributed by atoms with Crippen molar-refractivity contribution in [3.63, 3.8) is 0 Å². The van der Waals surface area contributed by atoms with Crippen LogP contribution in [0, 0.1) is 23.7 Å². The van der Waals surface area contributed by atoms with Gasteiger partial charge in [-0.15, -0.1) is 0 Å². The molecule has 198 valence electrons. The van der Waals surface area contributed by atoms with E-state index in [2.05, 4.69) is 67.0 Å². The molecule has 5 heteroatoms. The Morgan fingerprint density at radius 2 is 1.97 bits per heavy atom. The molecule has 2 aliphatic heterocycles. The highest BCUT2D eigenvalue weighted by Crippen LogP contribution is 2.51. The van der Waals surface area contributed by atoms with Gasteiger partial charge in [0.25, 0.3) is 0 Å². The molecule has 0 radical (unpaired) electrons. The Morgan fingerprint density at radius 1 is 1.19 bits per heavy atom. The van der Waals surface area contributed by atoms with Crippen molar-refractivity contribution in [2.24, 2.45) is 23.7 Å². The standard InChI is InChI=1S/C31H46N2O3/c1-21-15-29-28(13-12-23(3)31(29,35)17-30(21)36-24(4)34)22(2)18-33-19-26-11-8-14-32(26)20-27(33)16-25-9-6-5-7-10-25/h5-7,9-10,15,22-23,26-30,35H,8,11-14,16-20H2,1-4H3/t22-,23-,26-,27+,28+,29-,30-,31-/m1/s1. The van der Waals surface area contributed by atoms with Crippen LogP contribution in [0.15, 0.2) is 42.0 Å². The Labute approximate surface area is 217 Å². The molecule has 2 saturated heterocycles. The molecule has 36 heavy (non-hydrogen) atoms. The van der Waals surface area contributed by atoms with Gasteiger partial charge in [-0.3, -0.25) is 14.6 Å². The largest absolute Gasteiger partial charge is 0.458 e. The highest BCUT2D eigenvalue weighted by Gasteiger charge is 2.53. The summed E-state index contributed by atoms with van der Waals surface area (Å²) < 4.78 is 5.61. The SMILES string of the molecule is CC(=O)O[C@@H]1C[C@@]2(O)[C@H](C)CC[C@@H]([C@H](C)CN3C[C@H]4CCCN4C[C@@H]3Cc3ccccc3)[C@H]2C=C1C. The zero-order valence-electron chi connectivity index (χ0n) is 22.7. The minimum absolute atomic E-state index is 0.128. The Balaban J connectivity index is 1.34. The van der Waals surface area contributed by atoms with Crippen LogP contribution in [0.2, 0.25) is 0 Å². The molecule has 0 spiro atoms. The molecule has 3 fully saturated rings. The molecule has 1 aromatic carbocycles. The third-order valence-electron chi connectivity index (χ3n) is 10.1. The average Bonchev–Trinajstić information content (AvgIpc) is 3.29. The molecule has 0 amide bonds. The molecule has 5 rings (SSSR count). The fraction of sp³-hybridized carbons (Fsp3) is 0.710. The van der Waals surface area contributed by atoms with E-state index in [-0.39, 0.29) is 23.9 Å². The van der Waals surface area contributed by atoms with Crippen molar-refractivity contribution in [3.05, 3.63) is 47.5 Å². The monoisotopic (exact) mass is 494 g/mol. The van der Waals surface area contributed by atoms with Crippen LogP contribution < -0.4 is 0 Å². The van der Waals surface area contributed by atoms with E-state index in [0.717, 1.165) is 31.4 Å². The van der Waals surface area contributed by atoms with E-state index < -0.39 is 5.60 Å². The predicted molar refractivity (Wildman–Crippen MR) is 144 cm³/mol. The van der Waals surface area contributed by atoms with Gasteiger partial charge in [-0.1, -0.05) is 50.3 Å². The molecule has 1 saturated carbocycles. The van der Waals surface area contributed by atoms with Crippen molar-refractivity contribution in [3.8, 4) is 0 Å². The topological polar surface area (TPSA) is 53.0 Å². The molecule has 0 bridgehead atoms. The van der Waals surface area contributed by atoms with Crippen LogP contribution >= 0.6 is 0 Å². The number of ether oxygens (including phenoxy) is 1. The zero-order chi connectivity index (χ0) is 25.4. The molecule has 1 N–H and O–H groups in total. The lowest BCUT2D eigenvalue weighted by atomic mass is 9.57. The number of hydrogen-bond acceptors (Lipinski definition) is 5. The molecule has 0 unspecified atom stereocenters. The number of carbonyl (C=O) groups excluding carboxylic acids is 1. The number of fused-ring (bicyclic) bond motifs is 2. The molecule has 8 atom stereocenters. The summed E-state index contributed by atoms with van der Waals surface area (Å²) in [6.45, 7) is 12.8. The molecule has 4 aliphatic rings. The van der Waals surface area contributed by atoms with E-state index in [1.807, 2.05) is 0 Å². The van der Waals surface area contributed by atoms with E-state index >= 15 is 0 Å². The number of piperazine rings is 1. The van der Waals surface area contributed by atoms with Crippen LogP contribution in [-0.2, 0) is 16.0 Å². The van der Waals surface area contributed by atoms with Gasteiger partial charge in [0.1, 0.15) is 6.10 Å². The second-order valence-corrected chi connectivity index (χ2v) is 12.4. The van der Waals surface area contributed by atoms with Crippen molar-refractivity contribution in [1.82, 2.24) is 9.80 Å². The van der Waals surface area contributed by atoms with E-state index in [4.69, 9.17) is 4.74 Å². The smallest absolute Gasteiger partial charge is 0.303 e. The minimum atomic E-state index is -0.801. The third-order valence-corrected chi connectivity index (χ3v) is 10.1. The van der Waals surface area contributed by atoms with E-state index in [1.165, 1.54) is 45.0 Å². The van der Waals surface area contributed by atoms with Gasteiger partial charge in [0, 0.05) is 51.0 Å². The Hall–Kier alpha value is -1.69. The third kappa shape index (κ3) is 5.16. The van der Waals surface area contributed by atoms with Crippen molar-refractivity contribution in [2.75, 3.05) is 26.2 Å². The summed E-state index contributed by atoms with van der Waals surface area (Å²) in [7, 11) is 0. The van der Waals surface area contributed by atoms with Gasteiger partial charge in [-0.05, 0) is 74.5 Å².